The van der Waals surface area contributed by atoms with Crippen LogP contribution in [0.15, 0.2) is 46.9 Å². The lowest BCUT2D eigenvalue weighted by molar-refractivity contribution is 0.0600. The predicted octanol–water partition coefficient (Wildman–Crippen LogP) is 4.90. The highest BCUT2D eigenvalue weighted by Crippen LogP contribution is 2.37. The smallest absolute Gasteiger partial charge is 0.337 e. The molecule has 4 aromatic rings. The van der Waals surface area contributed by atoms with E-state index in [0.29, 0.717) is 23.6 Å². The van der Waals surface area contributed by atoms with Crippen molar-refractivity contribution in [1.29, 1.82) is 0 Å². The maximum absolute atomic E-state index is 11.8. The van der Waals surface area contributed by atoms with Crippen molar-refractivity contribution in [2.24, 2.45) is 0 Å². The van der Waals surface area contributed by atoms with E-state index in [4.69, 9.17) is 28.6 Å². The second-order valence-corrected chi connectivity index (χ2v) is 8.40. The molecule has 172 valence electrons. The number of benzene rings is 2. The first-order valence-corrected chi connectivity index (χ1v) is 11.3. The minimum absolute atomic E-state index is 0.248. The van der Waals surface area contributed by atoms with Crippen LogP contribution in [0.4, 0.5) is 5.82 Å². The molecule has 2 aliphatic rings. The number of anilines is 1. The molecular formula is C26H23N3O5. The highest BCUT2D eigenvalue weighted by atomic mass is 16.7. The first-order valence-electron chi connectivity index (χ1n) is 11.3. The second kappa shape index (κ2) is 8.37. The van der Waals surface area contributed by atoms with Crippen molar-refractivity contribution in [3.63, 3.8) is 0 Å². The van der Waals surface area contributed by atoms with E-state index in [1.165, 1.54) is 12.7 Å². The van der Waals surface area contributed by atoms with E-state index in [1.807, 2.05) is 30.3 Å². The Morgan fingerprint density at radius 3 is 2.71 bits per heavy atom. The summed E-state index contributed by atoms with van der Waals surface area (Å²) < 4.78 is 21.9. The average Bonchev–Trinajstić information content (AvgIpc) is 3.50. The molecule has 0 saturated heterocycles. The van der Waals surface area contributed by atoms with Crippen molar-refractivity contribution in [2.45, 2.75) is 32.2 Å². The summed E-state index contributed by atoms with van der Waals surface area (Å²) in [6.07, 6.45) is 4.11. The molecule has 1 aliphatic carbocycles. The maximum atomic E-state index is 11.8. The summed E-state index contributed by atoms with van der Waals surface area (Å²) in [5.74, 6) is 3.39. The van der Waals surface area contributed by atoms with E-state index in [0.717, 1.165) is 65.3 Å². The molecule has 0 radical (unpaired) electrons. The van der Waals surface area contributed by atoms with Crippen molar-refractivity contribution < 1.29 is 23.4 Å². The fraction of sp³-hybridized carbons (Fsp3) is 0.269. The number of nitrogens with zero attached hydrogens (tertiary/aromatic N) is 2. The predicted molar refractivity (Wildman–Crippen MR) is 125 cm³/mol. The number of carbonyl (C=O) groups excluding carboxylic acids is 1. The topological polar surface area (TPSA) is 95.7 Å². The molecule has 1 aliphatic heterocycles. The van der Waals surface area contributed by atoms with Crippen LogP contribution in [0.1, 0.15) is 40.1 Å². The third-order valence-electron chi connectivity index (χ3n) is 6.28. The Bertz CT molecular complexity index is 1390. The summed E-state index contributed by atoms with van der Waals surface area (Å²) >= 11 is 0. The van der Waals surface area contributed by atoms with Gasteiger partial charge in [-0.2, -0.15) is 4.98 Å². The highest BCUT2D eigenvalue weighted by Gasteiger charge is 2.23. The van der Waals surface area contributed by atoms with Gasteiger partial charge in [-0.1, -0.05) is 18.2 Å². The molecule has 8 nitrogen and oxygen atoms in total. The summed E-state index contributed by atoms with van der Waals surface area (Å²) in [6, 6.07) is 13.0. The van der Waals surface area contributed by atoms with Crippen LogP contribution in [-0.4, -0.2) is 29.8 Å². The molecule has 2 aromatic carbocycles. The van der Waals surface area contributed by atoms with Crippen molar-refractivity contribution in [3.05, 3.63) is 64.9 Å². The first kappa shape index (κ1) is 20.5. The molecule has 0 atom stereocenters. The van der Waals surface area contributed by atoms with Crippen LogP contribution >= 0.6 is 0 Å². The molecule has 1 N–H and O–H groups in total. The Morgan fingerprint density at radius 2 is 1.85 bits per heavy atom. The van der Waals surface area contributed by atoms with Gasteiger partial charge in [0, 0.05) is 24.1 Å². The zero-order chi connectivity index (χ0) is 23.1. The molecule has 34 heavy (non-hydrogen) atoms. The quantitative estimate of drug-likeness (QED) is 0.423. The van der Waals surface area contributed by atoms with Gasteiger partial charge < -0.3 is 23.9 Å². The zero-order valence-corrected chi connectivity index (χ0v) is 18.7. The Balaban J connectivity index is 1.38. The van der Waals surface area contributed by atoms with Crippen molar-refractivity contribution in [1.82, 2.24) is 9.97 Å². The van der Waals surface area contributed by atoms with Gasteiger partial charge in [-0.15, -0.1) is 0 Å². The van der Waals surface area contributed by atoms with Crippen LogP contribution in [0.3, 0.4) is 0 Å². The third kappa shape index (κ3) is 3.61. The van der Waals surface area contributed by atoms with Crippen molar-refractivity contribution >= 4 is 22.9 Å². The monoisotopic (exact) mass is 457 g/mol. The number of aryl methyl sites for hydroxylation is 2. The molecule has 6 rings (SSSR count). The van der Waals surface area contributed by atoms with Gasteiger partial charge in [0.1, 0.15) is 11.6 Å². The van der Waals surface area contributed by atoms with E-state index in [2.05, 4.69) is 5.32 Å². The number of esters is 1. The van der Waals surface area contributed by atoms with Crippen molar-refractivity contribution in [2.75, 3.05) is 19.2 Å². The molecule has 0 amide bonds. The summed E-state index contributed by atoms with van der Waals surface area (Å²) in [5.41, 5.74) is 4.10. The molecule has 0 unspecified atom stereocenters. The van der Waals surface area contributed by atoms with Gasteiger partial charge in [0.05, 0.1) is 18.1 Å². The van der Waals surface area contributed by atoms with Gasteiger partial charge in [-0.25, -0.2) is 9.78 Å². The van der Waals surface area contributed by atoms with Gasteiger partial charge in [0.25, 0.3) is 0 Å². The van der Waals surface area contributed by atoms with Crippen LogP contribution in [0, 0.1) is 0 Å². The van der Waals surface area contributed by atoms with E-state index >= 15 is 0 Å². The second-order valence-electron chi connectivity index (χ2n) is 8.40. The number of hydrogen-bond acceptors (Lipinski definition) is 8. The van der Waals surface area contributed by atoms with Crippen LogP contribution < -0.4 is 14.8 Å². The molecule has 8 heteroatoms. The van der Waals surface area contributed by atoms with Gasteiger partial charge in [0.2, 0.25) is 12.5 Å². The van der Waals surface area contributed by atoms with Crippen LogP contribution in [0.2, 0.25) is 0 Å². The molecule has 0 saturated carbocycles. The number of aromatic nitrogens is 2. The Hall–Kier alpha value is -4.07. The first-order chi connectivity index (χ1) is 16.7. The standard InChI is InChI=1S/C26H23N3O5/c1-31-26(30)17-9-7-16(8-10-17)23-28-24(22-18-4-2-3-5-19(18)34-25(22)29-23)27-13-15-6-11-20-21(12-15)33-14-32-20/h6-12H,2-5,13-14H2,1H3,(H,27,28,29). The fourth-order valence-electron chi connectivity index (χ4n) is 4.52. The van der Waals surface area contributed by atoms with Crippen molar-refractivity contribution in [3.8, 4) is 22.9 Å². The number of hydrogen-bond donors (Lipinski definition) is 1. The lowest BCUT2D eigenvalue weighted by Crippen LogP contribution is -2.06. The third-order valence-corrected chi connectivity index (χ3v) is 6.28. The minimum Gasteiger partial charge on any atom is -0.465 e. The Morgan fingerprint density at radius 1 is 1.03 bits per heavy atom. The van der Waals surface area contributed by atoms with Gasteiger partial charge >= 0.3 is 5.97 Å². The average molecular weight is 457 g/mol. The number of fused-ring (bicyclic) bond motifs is 4. The van der Waals surface area contributed by atoms with Crippen LogP contribution in [0.5, 0.6) is 11.5 Å². The van der Waals surface area contributed by atoms with Gasteiger partial charge in [-0.3, -0.25) is 0 Å². The number of nitrogens with one attached hydrogen (secondary N) is 1. The number of rotatable bonds is 5. The lowest BCUT2D eigenvalue weighted by Gasteiger charge is -2.12. The van der Waals surface area contributed by atoms with Gasteiger partial charge in [-0.05, 0) is 49.1 Å². The number of furan rings is 1. The summed E-state index contributed by atoms with van der Waals surface area (Å²) in [4.78, 5) is 21.4. The summed E-state index contributed by atoms with van der Waals surface area (Å²) in [6.45, 7) is 0.807. The lowest BCUT2D eigenvalue weighted by atomic mass is 9.96. The summed E-state index contributed by atoms with van der Waals surface area (Å²) in [5, 5.41) is 4.45. The Labute approximate surface area is 195 Å². The SMILES string of the molecule is COC(=O)c1ccc(-c2nc(NCc3ccc4c(c3)OCO4)c3c4c(oc3n2)CCCC4)cc1. The van der Waals surface area contributed by atoms with E-state index < -0.39 is 0 Å². The zero-order valence-electron chi connectivity index (χ0n) is 18.7. The van der Waals surface area contributed by atoms with E-state index in [9.17, 15) is 4.79 Å². The Kier molecular flexibility index (Phi) is 5.05. The number of ether oxygens (including phenoxy) is 3. The van der Waals surface area contributed by atoms with Crippen LogP contribution in [0.25, 0.3) is 22.5 Å². The molecule has 0 bridgehead atoms. The minimum atomic E-state index is -0.382. The molecule has 0 spiro atoms. The van der Waals surface area contributed by atoms with Crippen LogP contribution in [-0.2, 0) is 24.1 Å². The normalized spacial score (nSPS) is 14.1. The molecular weight excluding hydrogens is 434 g/mol. The fourth-order valence-corrected chi connectivity index (χ4v) is 4.52. The highest BCUT2D eigenvalue weighted by molar-refractivity contribution is 5.92. The number of carbonyl (C=O) groups is 1. The maximum Gasteiger partial charge on any atom is 0.337 e. The van der Waals surface area contributed by atoms with Gasteiger partial charge in [0.15, 0.2) is 17.3 Å². The molecule has 2 aromatic heterocycles. The molecule has 0 fully saturated rings. The van der Waals surface area contributed by atoms with E-state index in [-0.39, 0.29) is 12.8 Å². The summed E-state index contributed by atoms with van der Waals surface area (Å²) in [7, 11) is 1.37. The number of methoxy groups -OCH3 is 1. The van der Waals surface area contributed by atoms with E-state index in [1.54, 1.807) is 12.1 Å². The largest absolute Gasteiger partial charge is 0.465 e. The molecule has 3 heterocycles.